The lowest BCUT2D eigenvalue weighted by molar-refractivity contribution is 0.579. The maximum atomic E-state index is 13.2. The van der Waals surface area contributed by atoms with Crippen LogP contribution in [-0.4, -0.2) is 30.6 Å². The quantitative estimate of drug-likeness (QED) is 0.605. The van der Waals surface area contributed by atoms with E-state index in [4.69, 9.17) is 0 Å². The molecule has 0 saturated heterocycles. The molecule has 2 aromatic rings. The molecule has 2 rings (SSSR count). The van der Waals surface area contributed by atoms with Crippen LogP contribution in [0.3, 0.4) is 0 Å². The van der Waals surface area contributed by atoms with Crippen molar-refractivity contribution in [1.82, 2.24) is 15.6 Å². The van der Waals surface area contributed by atoms with Gasteiger partial charge in [0.25, 0.3) is 0 Å². The van der Waals surface area contributed by atoms with E-state index < -0.39 is 11.6 Å². The number of benzene rings is 1. The zero-order valence-corrected chi connectivity index (χ0v) is 13.7. The molecule has 0 spiro atoms. The van der Waals surface area contributed by atoms with Crippen molar-refractivity contribution < 1.29 is 8.78 Å². The van der Waals surface area contributed by atoms with E-state index in [-0.39, 0.29) is 0 Å². The first-order valence-corrected chi connectivity index (χ1v) is 8.04. The minimum absolute atomic E-state index is 0.513. The third-order valence-corrected chi connectivity index (χ3v) is 3.34. The van der Waals surface area contributed by atoms with Gasteiger partial charge in [-0.15, -0.1) is 0 Å². The third-order valence-electron chi connectivity index (χ3n) is 3.34. The molecule has 0 atom stereocenters. The zero-order chi connectivity index (χ0) is 17.2. The number of hydrogen-bond acceptors (Lipinski definition) is 2. The van der Waals surface area contributed by atoms with E-state index in [0.29, 0.717) is 31.0 Å². The molecule has 0 radical (unpaired) electrons. The Morgan fingerprint density at radius 3 is 2.54 bits per heavy atom. The summed E-state index contributed by atoms with van der Waals surface area (Å²) in [5.41, 5.74) is 1.61. The average Bonchev–Trinajstić information content (AvgIpc) is 2.55. The van der Waals surface area contributed by atoms with Gasteiger partial charge in [0, 0.05) is 44.0 Å². The molecule has 1 aromatic heterocycles. The van der Waals surface area contributed by atoms with Crippen LogP contribution in [-0.2, 0) is 12.8 Å². The van der Waals surface area contributed by atoms with Gasteiger partial charge in [-0.3, -0.25) is 9.98 Å². The summed E-state index contributed by atoms with van der Waals surface area (Å²) in [6.07, 6.45) is 3.03. The van der Waals surface area contributed by atoms with Gasteiger partial charge in [-0.25, -0.2) is 8.78 Å². The van der Waals surface area contributed by atoms with Gasteiger partial charge >= 0.3 is 0 Å². The number of pyridine rings is 1. The lowest BCUT2D eigenvalue weighted by Crippen LogP contribution is -2.38. The van der Waals surface area contributed by atoms with Crippen LogP contribution in [0.25, 0.3) is 0 Å². The number of guanidine groups is 1. The van der Waals surface area contributed by atoms with Crippen LogP contribution in [0.2, 0.25) is 0 Å². The highest BCUT2D eigenvalue weighted by atomic mass is 19.1. The number of hydrogen-bond donors (Lipinski definition) is 2. The Hall–Kier alpha value is -2.50. The van der Waals surface area contributed by atoms with Crippen molar-refractivity contribution in [1.29, 1.82) is 0 Å². The number of nitrogens with zero attached hydrogens (tertiary/aromatic N) is 2. The monoisotopic (exact) mass is 332 g/mol. The van der Waals surface area contributed by atoms with E-state index in [1.807, 2.05) is 25.1 Å². The van der Waals surface area contributed by atoms with Crippen molar-refractivity contribution in [2.24, 2.45) is 4.99 Å². The molecular weight excluding hydrogens is 310 g/mol. The Balaban J connectivity index is 1.82. The van der Waals surface area contributed by atoms with Crippen molar-refractivity contribution in [3.63, 3.8) is 0 Å². The lowest BCUT2D eigenvalue weighted by Gasteiger charge is -2.11. The third kappa shape index (κ3) is 6.32. The molecule has 0 fully saturated rings. The van der Waals surface area contributed by atoms with Gasteiger partial charge in [-0.05, 0) is 43.2 Å². The summed E-state index contributed by atoms with van der Waals surface area (Å²) >= 11 is 0. The molecule has 0 bridgehead atoms. The second kappa shape index (κ2) is 9.60. The smallest absolute Gasteiger partial charge is 0.191 e. The molecule has 0 aliphatic carbocycles. The number of aromatic nitrogens is 1. The number of aliphatic imine (C=N–C) groups is 1. The van der Waals surface area contributed by atoms with Crippen LogP contribution in [0.1, 0.15) is 18.2 Å². The maximum absolute atomic E-state index is 13.2. The molecule has 128 valence electrons. The lowest BCUT2D eigenvalue weighted by atomic mass is 10.1. The summed E-state index contributed by atoms with van der Waals surface area (Å²) in [6, 6.07) is 9.36. The molecule has 0 unspecified atom stereocenters. The largest absolute Gasteiger partial charge is 0.357 e. The maximum Gasteiger partial charge on any atom is 0.191 e. The van der Waals surface area contributed by atoms with E-state index in [9.17, 15) is 8.78 Å². The Morgan fingerprint density at radius 2 is 1.88 bits per heavy atom. The Kier molecular flexibility index (Phi) is 7.14. The highest BCUT2D eigenvalue weighted by molar-refractivity contribution is 5.79. The fourth-order valence-corrected chi connectivity index (χ4v) is 2.25. The zero-order valence-electron chi connectivity index (χ0n) is 13.7. The first-order valence-electron chi connectivity index (χ1n) is 8.04. The Labute approximate surface area is 141 Å². The van der Waals surface area contributed by atoms with Crippen LogP contribution in [0.4, 0.5) is 8.78 Å². The van der Waals surface area contributed by atoms with Crippen molar-refractivity contribution >= 4 is 5.96 Å². The second-order valence-corrected chi connectivity index (χ2v) is 5.29. The van der Waals surface area contributed by atoms with Crippen molar-refractivity contribution in [3.8, 4) is 0 Å². The molecule has 0 amide bonds. The molecule has 6 heteroatoms. The van der Waals surface area contributed by atoms with E-state index in [1.54, 1.807) is 6.20 Å². The van der Waals surface area contributed by atoms with Crippen LogP contribution in [0, 0.1) is 11.6 Å². The Morgan fingerprint density at radius 1 is 1.08 bits per heavy atom. The fourth-order valence-electron chi connectivity index (χ4n) is 2.25. The van der Waals surface area contributed by atoms with Crippen molar-refractivity contribution in [3.05, 3.63) is 65.5 Å². The van der Waals surface area contributed by atoms with Crippen LogP contribution < -0.4 is 10.6 Å². The summed E-state index contributed by atoms with van der Waals surface area (Å²) in [7, 11) is 0. The summed E-state index contributed by atoms with van der Waals surface area (Å²) in [4.78, 5) is 8.74. The molecule has 1 aromatic carbocycles. The van der Waals surface area contributed by atoms with Gasteiger partial charge < -0.3 is 10.6 Å². The highest BCUT2D eigenvalue weighted by Crippen LogP contribution is 2.08. The Bertz CT molecular complexity index is 639. The van der Waals surface area contributed by atoms with Gasteiger partial charge in [0.2, 0.25) is 0 Å². The van der Waals surface area contributed by atoms with Crippen LogP contribution >= 0.6 is 0 Å². The molecule has 24 heavy (non-hydrogen) atoms. The van der Waals surface area contributed by atoms with Crippen LogP contribution in [0.5, 0.6) is 0 Å². The van der Waals surface area contributed by atoms with Gasteiger partial charge in [0.05, 0.1) is 0 Å². The van der Waals surface area contributed by atoms with Gasteiger partial charge in [-0.1, -0.05) is 6.07 Å². The van der Waals surface area contributed by atoms with E-state index in [1.165, 1.54) is 12.1 Å². The molecule has 0 aliphatic rings. The highest BCUT2D eigenvalue weighted by Gasteiger charge is 2.02. The van der Waals surface area contributed by atoms with E-state index in [0.717, 1.165) is 24.7 Å². The molecule has 0 saturated carbocycles. The summed E-state index contributed by atoms with van der Waals surface area (Å²) in [6.45, 7) is 3.88. The average molecular weight is 332 g/mol. The predicted octanol–water partition coefficient (Wildman–Crippen LogP) is 2.70. The van der Waals surface area contributed by atoms with Crippen molar-refractivity contribution in [2.75, 3.05) is 19.6 Å². The molecule has 4 nitrogen and oxygen atoms in total. The standard InChI is InChI=1S/C18H22F2N4/c1-2-21-18(24-10-7-17-5-3-4-8-22-17)23-9-6-14-11-15(19)13-16(20)12-14/h3-5,8,11-13H,2,6-7,9-10H2,1H3,(H2,21,23,24). The summed E-state index contributed by atoms with van der Waals surface area (Å²) < 4.78 is 26.3. The van der Waals surface area contributed by atoms with Crippen LogP contribution in [0.15, 0.2) is 47.6 Å². The minimum Gasteiger partial charge on any atom is -0.357 e. The summed E-state index contributed by atoms with van der Waals surface area (Å²) in [5.74, 6) is -0.424. The first kappa shape index (κ1) is 17.8. The number of halogens is 2. The normalized spacial score (nSPS) is 11.4. The first-order chi connectivity index (χ1) is 11.7. The SMILES string of the molecule is CCNC(=NCCc1ccccn1)NCCc1cc(F)cc(F)c1. The molecule has 0 aliphatic heterocycles. The molecular formula is C18H22F2N4. The predicted molar refractivity (Wildman–Crippen MR) is 92.0 cm³/mol. The molecule has 1 heterocycles. The fraction of sp³-hybridized carbons (Fsp3) is 0.333. The summed E-state index contributed by atoms with van der Waals surface area (Å²) in [5, 5.41) is 6.32. The van der Waals surface area contributed by atoms with Gasteiger partial charge in [-0.2, -0.15) is 0 Å². The van der Waals surface area contributed by atoms with E-state index in [2.05, 4.69) is 20.6 Å². The van der Waals surface area contributed by atoms with E-state index >= 15 is 0 Å². The number of rotatable bonds is 7. The minimum atomic E-state index is -0.555. The topological polar surface area (TPSA) is 49.3 Å². The van der Waals surface area contributed by atoms with Gasteiger partial charge in [0.1, 0.15) is 11.6 Å². The number of nitrogens with one attached hydrogen (secondary N) is 2. The van der Waals surface area contributed by atoms with Gasteiger partial charge in [0.15, 0.2) is 5.96 Å². The molecule has 2 N–H and O–H groups in total. The van der Waals surface area contributed by atoms with Crippen molar-refractivity contribution in [2.45, 2.75) is 19.8 Å². The second-order valence-electron chi connectivity index (χ2n) is 5.29.